The van der Waals surface area contributed by atoms with Crippen LogP contribution in [-0.2, 0) is 10.2 Å². The van der Waals surface area contributed by atoms with E-state index in [2.05, 4.69) is 4.72 Å². The average molecular weight is 248 g/mol. The molecule has 0 fully saturated rings. The Balaban J connectivity index is 2.65. The Morgan fingerprint density at radius 2 is 2.20 bits per heavy atom. The third kappa shape index (κ3) is 1.59. The van der Waals surface area contributed by atoms with Crippen molar-refractivity contribution < 1.29 is 8.42 Å². The molecule has 15 heavy (non-hydrogen) atoms. The Kier molecular flexibility index (Phi) is 2.38. The standard InChI is InChI=1S/C8H10ClN3O2S/c1-12-8(10)7-5(9)3-2-4-6(7)11-15(12,13)14/h2-4,8,11H,10H2,1H3/t8-/m1/s1. The number of halogens is 1. The summed E-state index contributed by atoms with van der Waals surface area (Å²) < 4.78 is 26.5. The molecule has 82 valence electrons. The molecule has 5 nitrogen and oxygen atoms in total. The van der Waals surface area contributed by atoms with Crippen molar-refractivity contribution in [2.75, 3.05) is 11.8 Å². The van der Waals surface area contributed by atoms with E-state index in [4.69, 9.17) is 17.3 Å². The van der Waals surface area contributed by atoms with E-state index in [1.54, 1.807) is 18.2 Å². The lowest BCUT2D eigenvalue weighted by Crippen LogP contribution is -2.43. The quantitative estimate of drug-likeness (QED) is 0.715. The predicted molar refractivity (Wildman–Crippen MR) is 58.7 cm³/mol. The van der Waals surface area contributed by atoms with Crippen molar-refractivity contribution in [3.05, 3.63) is 28.8 Å². The highest BCUT2D eigenvalue weighted by atomic mass is 35.5. The molecule has 0 saturated heterocycles. The van der Waals surface area contributed by atoms with Crippen LogP contribution in [0.1, 0.15) is 11.7 Å². The van der Waals surface area contributed by atoms with E-state index < -0.39 is 16.4 Å². The van der Waals surface area contributed by atoms with E-state index in [9.17, 15) is 8.42 Å². The molecular formula is C8H10ClN3O2S. The minimum absolute atomic E-state index is 0.438. The van der Waals surface area contributed by atoms with Crippen molar-refractivity contribution in [2.45, 2.75) is 6.17 Å². The van der Waals surface area contributed by atoms with Gasteiger partial charge in [-0.05, 0) is 12.1 Å². The summed E-state index contributed by atoms with van der Waals surface area (Å²) in [4.78, 5) is 0. The number of anilines is 1. The van der Waals surface area contributed by atoms with Gasteiger partial charge in [0.05, 0.1) is 5.69 Å². The number of nitrogens with two attached hydrogens (primary N) is 1. The number of nitrogens with one attached hydrogen (secondary N) is 1. The van der Waals surface area contributed by atoms with E-state index in [1.807, 2.05) is 0 Å². The number of nitrogens with zero attached hydrogens (tertiary/aromatic N) is 1. The summed E-state index contributed by atoms with van der Waals surface area (Å²) in [6, 6.07) is 4.97. The van der Waals surface area contributed by atoms with Crippen molar-refractivity contribution in [3.63, 3.8) is 0 Å². The topological polar surface area (TPSA) is 75.4 Å². The molecule has 0 aliphatic carbocycles. The smallest absolute Gasteiger partial charge is 0.303 e. The maximum Gasteiger partial charge on any atom is 0.303 e. The van der Waals surface area contributed by atoms with Crippen LogP contribution in [-0.4, -0.2) is 19.8 Å². The van der Waals surface area contributed by atoms with Crippen molar-refractivity contribution >= 4 is 27.5 Å². The number of benzene rings is 1. The zero-order valence-corrected chi connectivity index (χ0v) is 9.51. The molecule has 0 bridgehead atoms. The van der Waals surface area contributed by atoms with Crippen LogP contribution in [0.15, 0.2) is 18.2 Å². The summed E-state index contributed by atoms with van der Waals surface area (Å²) in [5.41, 5.74) is 6.82. The molecule has 1 atom stereocenters. The highest BCUT2D eigenvalue weighted by Gasteiger charge is 2.33. The SMILES string of the molecule is CN1[C@@H](N)c2c(Cl)cccc2NS1(=O)=O. The second-order valence-electron chi connectivity index (χ2n) is 3.27. The van der Waals surface area contributed by atoms with Gasteiger partial charge in [-0.25, -0.2) is 0 Å². The van der Waals surface area contributed by atoms with E-state index in [-0.39, 0.29) is 0 Å². The molecule has 2 rings (SSSR count). The normalized spacial score (nSPS) is 24.3. The highest BCUT2D eigenvalue weighted by molar-refractivity contribution is 7.90. The third-order valence-electron chi connectivity index (χ3n) is 2.36. The summed E-state index contributed by atoms with van der Waals surface area (Å²) in [6.07, 6.45) is -0.750. The number of hydrogen-bond donors (Lipinski definition) is 2. The Morgan fingerprint density at radius 1 is 1.53 bits per heavy atom. The highest BCUT2D eigenvalue weighted by Crippen LogP contribution is 2.35. The van der Waals surface area contributed by atoms with Gasteiger partial charge in [-0.1, -0.05) is 17.7 Å². The third-order valence-corrected chi connectivity index (χ3v) is 4.15. The van der Waals surface area contributed by atoms with E-state index >= 15 is 0 Å². The molecular weight excluding hydrogens is 238 g/mol. The maximum atomic E-state index is 11.6. The van der Waals surface area contributed by atoms with Gasteiger partial charge in [-0.15, -0.1) is 0 Å². The Morgan fingerprint density at radius 3 is 2.87 bits per heavy atom. The number of rotatable bonds is 0. The monoisotopic (exact) mass is 247 g/mol. The average Bonchev–Trinajstić information content (AvgIpc) is 2.13. The zero-order valence-electron chi connectivity index (χ0n) is 7.94. The fourth-order valence-electron chi connectivity index (χ4n) is 1.47. The van der Waals surface area contributed by atoms with Gasteiger partial charge in [0.15, 0.2) is 0 Å². The molecule has 0 amide bonds. The number of hydrogen-bond acceptors (Lipinski definition) is 3. The largest absolute Gasteiger partial charge is 0.311 e. The number of fused-ring (bicyclic) bond motifs is 1. The molecule has 0 aromatic heterocycles. The molecule has 0 spiro atoms. The van der Waals surface area contributed by atoms with Crippen molar-refractivity contribution in [3.8, 4) is 0 Å². The van der Waals surface area contributed by atoms with Crippen LogP contribution in [0.25, 0.3) is 0 Å². The first-order chi connectivity index (χ1) is 6.93. The Bertz CT molecular complexity index is 503. The first kappa shape index (κ1) is 10.7. The first-order valence-corrected chi connectivity index (χ1v) is 6.05. The molecule has 1 heterocycles. The molecule has 0 saturated carbocycles. The van der Waals surface area contributed by atoms with Crippen molar-refractivity contribution in [1.29, 1.82) is 0 Å². The zero-order chi connectivity index (χ0) is 11.2. The molecule has 0 unspecified atom stereocenters. The lowest BCUT2D eigenvalue weighted by molar-refractivity contribution is 0.383. The van der Waals surface area contributed by atoms with Gasteiger partial charge in [-0.3, -0.25) is 4.72 Å². The van der Waals surface area contributed by atoms with Gasteiger partial charge in [0, 0.05) is 17.6 Å². The molecule has 1 aromatic carbocycles. The molecule has 3 N–H and O–H groups in total. The molecule has 1 aliphatic rings. The Labute approximate surface area is 93.0 Å². The fraction of sp³-hybridized carbons (Fsp3) is 0.250. The van der Waals surface area contributed by atoms with Crippen LogP contribution in [0.3, 0.4) is 0 Å². The summed E-state index contributed by atoms with van der Waals surface area (Å²) in [5.74, 6) is 0. The fourth-order valence-corrected chi connectivity index (χ4v) is 2.76. The predicted octanol–water partition coefficient (Wildman–Crippen LogP) is 0.899. The van der Waals surface area contributed by atoms with Crippen LogP contribution in [0.4, 0.5) is 5.69 Å². The van der Waals surface area contributed by atoms with Gasteiger partial charge >= 0.3 is 10.2 Å². The Hall–Kier alpha value is -0.820. The second kappa shape index (κ2) is 3.34. The summed E-state index contributed by atoms with van der Waals surface area (Å²) in [7, 11) is -2.14. The van der Waals surface area contributed by atoms with E-state index in [1.165, 1.54) is 7.05 Å². The maximum absolute atomic E-state index is 11.6. The van der Waals surface area contributed by atoms with Crippen LogP contribution in [0.5, 0.6) is 0 Å². The first-order valence-electron chi connectivity index (χ1n) is 4.23. The van der Waals surface area contributed by atoms with Gasteiger partial charge in [0.1, 0.15) is 6.17 Å². The van der Waals surface area contributed by atoms with Crippen LogP contribution >= 0.6 is 11.6 Å². The van der Waals surface area contributed by atoms with Crippen LogP contribution in [0.2, 0.25) is 5.02 Å². The van der Waals surface area contributed by atoms with Crippen molar-refractivity contribution in [2.24, 2.45) is 5.73 Å². The second-order valence-corrected chi connectivity index (χ2v) is 5.41. The summed E-state index contributed by atoms with van der Waals surface area (Å²) in [6.45, 7) is 0. The summed E-state index contributed by atoms with van der Waals surface area (Å²) >= 11 is 5.95. The minimum atomic E-state index is -3.54. The van der Waals surface area contributed by atoms with Gasteiger partial charge < -0.3 is 5.73 Å². The van der Waals surface area contributed by atoms with E-state index in [0.29, 0.717) is 16.3 Å². The summed E-state index contributed by atoms with van der Waals surface area (Å²) in [5, 5.41) is 0.453. The van der Waals surface area contributed by atoms with Crippen LogP contribution in [0, 0.1) is 0 Å². The molecule has 1 aliphatic heterocycles. The van der Waals surface area contributed by atoms with Crippen molar-refractivity contribution in [1.82, 2.24) is 4.31 Å². The van der Waals surface area contributed by atoms with Gasteiger partial charge in [0.2, 0.25) is 0 Å². The molecule has 1 aromatic rings. The van der Waals surface area contributed by atoms with Crippen LogP contribution < -0.4 is 10.5 Å². The van der Waals surface area contributed by atoms with E-state index in [0.717, 1.165) is 4.31 Å². The van der Waals surface area contributed by atoms with Gasteiger partial charge in [-0.2, -0.15) is 12.7 Å². The minimum Gasteiger partial charge on any atom is -0.311 e. The molecule has 0 radical (unpaired) electrons. The lowest BCUT2D eigenvalue weighted by atomic mass is 10.1. The van der Waals surface area contributed by atoms with Gasteiger partial charge in [0.25, 0.3) is 0 Å². The molecule has 7 heteroatoms. The lowest BCUT2D eigenvalue weighted by Gasteiger charge is -2.32.